The molecular formula is C11H13ClN2O2. The van der Waals surface area contributed by atoms with Gasteiger partial charge >= 0.3 is 0 Å². The molecule has 0 aliphatic carbocycles. The number of rotatable bonds is 5. The Morgan fingerprint density at radius 1 is 1.56 bits per heavy atom. The molecule has 0 aliphatic rings. The summed E-state index contributed by atoms with van der Waals surface area (Å²) < 4.78 is 7.07. The summed E-state index contributed by atoms with van der Waals surface area (Å²) in [5.74, 6) is 2.40. The molecule has 0 amide bonds. The van der Waals surface area contributed by atoms with Gasteiger partial charge in [-0.3, -0.25) is 0 Å². The van der Waals surface area contributed by atoms with E-state index in [4.69, 9.17) is 16.4 Å². The van der Waals surface area contributed by atoms with Gasteiger partial charge in [0.2, 0.25) is 5.69 Å². The molecule has 1 rings (SSSR count). The average Bonchev–Trinajstić information content (AvgIpc) is 2.27. The van der Waals surface area contributed by atoms with Crippen molar-refractivity contribution < 1.29 is 26.9 Å². The highest BCUT2D eigenvalue weighted by Gasteiger charge is 2.06. The van der Waals surface area contributed by atoms with Crippen LogP contribution in [0.1, 0.15) is 5.69 Å². The van der Waals surface area contributed by atoms with Crippen LogP contribution in [0.25, 0.3) is 0 Å². The molecule has 4 nitrogen and oxygen atoms in total. The van der Waals surface area contributed by atoms with Crippen molar-refractivity contribution >= 4 is 6.21 Å². The zero-order valence-electron chi connectivity index (χ0n) is 8.71. The first kappa shape index (κ1) is 14.4. The lowest BCUT2D eigenvalue weighted by atomic mass is 10.3. The van der Waals surface area contributed by atoms with Crippen molar-refractivity contribution in [3.05, 3.63) is 30.1 Å². The molecule has 0 saturated carbocycles. The largest absolute Gasteiger partial charge is 1.00 e. The average molecular weight is 241 g/mol. The van der Waals surface area contributed by atoms with Crippen LogP contribution >= 0.6 is 0 Å². The number of hydrogen-bond acceptors (Lipinski definition) is 3. The SMILES string of the molecule is C#CCOCC[n+]1ccccc1/C=N\O.[Cl-]. The highest BCUT2D eigenvalue weighted by Crippen LogP contribution is 1.87. The summed E-state index contributed by atoms with van der Waals surface area (Å²) >= 11 is 0. The van der Waals surface area contributed by atoms with Gasteiger partial charge in [-0.25, -0.2) is 0 Å². The van der Waals surface area contributed by atoms with Gasteiger partial charge in [-0.2, -0.15) is 4.57 Å². The second kappa shape index (κ2) is 8.72. The lowest BCUT2D eigenvalue weighted by Gasteiger charge is -1.99. The quantitative estimate of drug-likeness (QED) is 0.154. The maximum Gasteiger partial charge on any atom is 0.227 e. The van der Waals surface area contributed by atoms with Crippen molar-refractivity contribution in [2.45, 2.75) is 6.54 Å². The molecule has 86 valence electrons. The molecule has 0 fully saturated rings. The lowest BCUT2D eigenvalue weighted by molar-refractivity contribution is -0.699. The summed E-state index contributed by atoms with van der Waals surface area (Å²) in [6.45, 7) is 1.52. The third-order valence-electron chi connectivity index (χ3n) is 1.83. The number of oxime groups is 1. The van der Waals surface area contributed by atoms with Gasteiger partial charge in [-0.1, -0.05) is 11.1 Å². The molecule has 1 aromatic heterocycles. The van der Waals surface area contributed by atoms with E-state index < -0.39 is 0 Å². The second-order valence-corrected chi connectivity index (χ2v) is 2.82. The fourth-order valence-corrected chi connectivity index (χ4v) is 1.16. The molecule has 0 radical (unpaired) electrons. The molecule has 16 heavy (non-hydrogen) atoms. The van der Waals surface area contributed by atoms with Crippen LogP contribution in [0.5, 0.6) is 0 Å². The molecule has 1 aromatic rings. The molecule has 1 heterocycles. The van der Waals surface area contributed by atoms with Gasteiger partial charge in [-0.15, -0.1) is 6.42 Å². The molecule has 1 N–H and O–H groups in total. The van der Waals surface area contributed by atoms with Crippen molar-refractivity contribution in [3.63, 3.8) is 0 Å². The van der Waals surface area contributed by atoms with Crippen LogP contribution < -0.4 is 17.0 Å². The number of pyridine rings is 1. The molecule has 0 aliphatic heterocycles. The number of aromatic nitrogens is 1. The standard InChI is InChI=1S/C11H12N2O2.ClH/c1-2-8-15-9-7-13-6-4-3-5-11(13)10-12-14;/h1,3-6,10H,7-9H2;1H. The van der Waals surface area contributed by atoms with Gasteiger partial charge in [0.05, 0.1) is 0 Å². The number of halogens is 1. The van der Waals surface area contributed by atoms with E-state index in [9.17, 15) is 0 Å². The molecule has 0 saturated heterocycles. The summed E-state index contributed by atoms with van der Waals surface area (Å²) in [5, 5.41) is 11.4. The Kier molecular flexibility index (Phi) is 7.86. The van der Waals surface area contributed by atoms with E-state index in [0.717, 1.165) is 5.69 Å². The van der Waals surface area contributed by atoms with E-state index in [0.29, 0.717) is 19.8 Å². The number of ether oxygens (including phenoxy) is 1. The minimum atomic E-state index is 0. The fourth-order valence-electron chi connectivity index (χ4n) is 1.16. The highest BCUT2D eigenvalue weighted by atomic mass is 35.5. The lowest BCUT2D eigenvalue weighted by Crippen LogP contribution is -3.00. The predicted molar refractivity (Wildman–Crippen MR) is 55.7 cm³/mol. The first-order valence-electron chi connectivity index (χ1n) is 4.55. The van der Waals surface area contributed by atoms with E-state index in [2.05, 4.69) is 11.1 Å². The van der Waals surface area contributed by atoms with Gasteiger partial charge in [0, 0.05) is 12.1 Å². The molecule has 0 unspecified atom stereocenters. The normalized spacial score (nSPS) is 9.69. The highest BCUT2D eigenvalue weighted by molar-refractivity contribution is 5.74. The third-order valence-corrected chi connectivity index (χ3v) is 1.83. The number of terminal acetylenes is 1. The van der Waals surface area contributed by atoms with Crippen LogP contribution in [0.2, 0.25) is 0 Å². The van der Waals surface area contributed by atoms with Gasteiger partial charge in [0.1, 0.15) is 19.4 Å². The molecular weight excluding hydrogens is 228 g/mol. The summed E-state index contributed by atoms with van der Waals surface area (Å²) in [6.07, 6.45) is 8.31. The zero-order chi connectivity index (χ0) is 10.9. The smallest absolute Gasteiger partial charge is 0.227 e. The first-order chi connectivity index (χ1) is 7.38. The van der Waals surface area contributed by atoms with Crippen LogP contribution in [0.15, 0.2) is 29.6 Å². The summed E-state index contributed by atoms with van der Waals surface area (Å²) in [6, 6.07) is 5.62. The third kappa shape index (κ3) is 4.78. The van der Waals surface area contributed by atoms with Crippen LogP contribution in [0, 0.1) is 12.3 Å². The number of nitrogens with zero attached hydrogens (tertiary/aromatic N) is 2. The Morgan fingerprint density at radius 2 is 2.38 bits per heavy atom. The van der Waals surface area contributed by atoms with Crippen LogP contribution in [0.3, 0.4) is 0 Å². The maximum atomic E-state index is 8.45. The van der Waals surface area contributed by atoms with E-state index in [1.807, 2.05) is 29.0 Å². The van der Waals surface area contributed by atoms with E-state index in [-0.39, 0.29) is 12.4 Å². The summed E-state index contributed by atoms with van der Waals surface area (Å²) in [7, 11) is 0. The van der Waals surface area contributed by atoms with E-state index in [1.54, 1.807) is 0 Å². The Bertz CT molecular complexity index is 374. The van der Waals surface area contributed by atoms with Crippen LogP contribution in [-0.2, 0) is 11.3 Å². The Balaban J connectivity index is 0.00000225. The van der Waals surface area contributed by atoms with Crippen molar-refractivity contribution in [1.29, 1.82) is 0 Å². The second-order valence-electron chi connectivity index (χ2n) is 2.82. The fraction of sp³-hybridized carbons (Fsp3) is 0.273. The molecule has 5 heteroatoms. The molecule has 0 atom stereocenters. The van der Waals surface area contributed by atoms with Crippen molar-refractivity contribution in [1.82, 2.24) is 0 Å². The van der Waals surface area contributed by atoms with Crippen LogP contribution in [0.4, 0.5) is 0 Å². The molecule has 0 bridgehead atoms. The number of hydrogen-bond donors (Lipinski definition) is 1. The monoisotopic (exact) mass is 240 g/mol. The van der Waals surface area contributed by atoms with E-state index >= 15 is 0 Å². The predicted octanol–water partition coefficient (Wildman–Crippen LogP) is -2.56. The minimum absolute atomic E-state index is 0. The van der Waals surface area contributed by atoms with Crippen molar-refractivity contribution in [3.8, 4) is 12.3 Å². The zero-order valence-corrected chi connectivity index (χ0v) is 9.47. The Hall–Kier alpha value is -1.57. The molecule has 0 spiro atoms. The minimum Gasteiger partial charge on any atom is -1.00 e. The van der Waals surface area contributed by atoms with Gasteiger partial charge in [-0.05, 0) is 6.07 Å². The molecule has 0 aromatic carbocycles. The van der Waals surface area contributed by atoms with Gasteiger partial charge in [0.15, 0.2) is 12.7 Å². The van der Waals surface area contributed by atoms with Crippen molar-refractivity contribution in [2.24, 2.45) is 5.16 Å². The van der Waals surface area contributed by atoms with Gasteiger partial charge < -0.3 is 22.4 Å². The van der Waals surface area contributed by atoms with Crippen molar-refractivity contribution in [2.75, 3.05) is 13.2 Å². The maximum absolute atomic E-state index is 8.45. The topological polar surface area (TPSA) is 45.7 Å². The van der Waals surface area contributed by atoms with E-state index in [1.165, 1.54) is 6.21 Å². The van der Waals surface area contributed by atoms with Crippen LogP contribution in [-0.4, -0.2) is 24.6 Å². The first-order valence-corrected chi connectivity index (χ1v) is 4.55. The Morgan fingerprint density at radius 3 is 3.06 bits per heavy atom. The summed E-state index contributed by atoms with van der Waals surface area (Å²) in [4.78, 5) is 0. The van der Waals surface area contributed by atoms with Gasteiger partial charge in [0.25, 0.3) is 0 Å². The summed E-state index contributed by atoms with van der Waals surface area (Å²) in [5.41, 5.74) is 0.810. The Labute approximate surface area is 101 Å².